The molecule has 58 heavy (non-hydrogen) atoms. The minimum absolute atomic E-state index is 0.0668. The number of piperidine rings is 2. The molecule has 0 aliphatic carbocycles. The number of amides is 3. The fraction of sp³-hybridized carbons (Fsp3) is 0.422. The van der Waals surface area contributed by atoms with Crippen LogP contribution in [-0.2, 0) is 42.6 Å². The molecule has 2 fully saturated rings. The molecule has 0 spiro atoms. The Labute approximate surface area is 339 Å². The summed E-state index contributed by atoms with van der Waals surface area (Å²) in [5.74, 6) is 1.85. The van der Waals surface area contributed by atoms with Gasteiger partial charge in [0.25, 0.3) is 5.91 Å². The second-order valence-corrected chi connectivity index (χ2v) is 16.5. The molecule has 13 heteroatoms. The Hall–Kier alpha value is -5.82. The van der Waals surface area contributed by atoms with Gasteiger partial charge in [-0.05, 0) is 110 Å². The number of rotatable bonds is 10. The van der Waals surface area contributed by atoms with E-state index in [9.17, 15) is 14.4 Å². The largest absolute Gasteiger partial charge is 0.354 e. The maximum atomic E-state index is 13.4. The van der Waals surface area contributed by atoms with Crippen molar-refractivity contribution in [2.75, 3.05) is 43.4 Å². The van der Waals surface area contributed by atoms with Crippen LogP contribution in [-0.4, -0.2) is 90.9 Å². The molecule has 2 saturated heterocycles. The Balaban J connectivity index is 0.767. The summed E-state index contributed by atoms with van der Waals surface area (Å²) in [6, 6.07) is 18.2. The van der Waals surface area contributed by atoms with Crippen LogP contribution < -0.4 is 16.0 Å². The predicted octanol–water partition coefficient (Wildman–Crippen LogP) is 5.93. The summed E-state index contributed by atoms with van der Waals surface area (Å²) in [6.07, 6.45) is 7.43. The van der Waals surface area contributed by atoms with Gasteiger partial charge in [0.15, 0.2) is 11.5 Å². The van der Waals surface area contributed by atoms with Crippen LogP contribution in [0.25, 0.3) is 11.0 Å². The van der Waals surface area contributed by atoms with Crippen molar-refractivity contribution in [2.24, 2.45) is 13.0 Å². The van der Waals surface area contributed by atoms with Gasteiger partial charge in [0, 0.05) is 82.4 Å². The van der Waals surface area contributed by atoms with Gasteiger partial charge in [0.05, 0.1) is 5.39 Å². The maximum Gasteiger partial charge on any atom is 0.255 e. The highest BCUT2D eigenvalue weighted by molar-refractivity contribution is 6.01. The number of aromatic nitrogens is 4. The fourth-order valence-electron chi connectivity index (χ4n) is 9.39. The third kappa shape index (κ3) is 7.50. The van der Waals surface area contributed by atoms with Crippen molar-refractivity contribution in [1.82, 2.24) is 39.8 Å². The molecule has 3 aromatic carbocycles. The second kappa shape index (κ2) is 15.8. The molecule has 0 radical (unpaired) electrons. The van der Waals surface area contributed by atoms with E-state index in [2.05, 4.69) is 76.1 Å². The third-order valence-corrected chi connectivity index (χ3v) is 12.7. The highest BCUT2D eigenvalue weighted by atomic mass is 16.2. The first-order valence-corrected chi connectivity index (χ1v) is 20.8. The van der Waals surface area contributed by atoms with E-state index in [-0.39, 0.29) is 17.7 Å². The van der Waals surface area contributed by atoms with Gasteiger partial charge in [0.2, 0.25) is 17.8 Å². The minimum atomic E-state index is -0.416. The lowest BCUT2D eigenvalue weighted by molar-refractivity contribution is -0.132. The van der Waals surface area contributed by atoms with E-state index >= 15 is 0 Å². The molecule has 4 aliphatic heterocycles. The van der Waals surface area contributed by atoms with E-state index in [1.54, 1.807) is 9.58 Å². The Morgan fingerprint density at radius 1 is 0.931 bits per heavy atom. The van der Waals surface area contributed by atoms with Gasteiger partial charge in [-0.2, -0.15) is 10.1 Å². The Morgan fingerprint density at radius 3 is 2.55 bits per heavy atom. The molecule has 3 N–H and O–H groups in total. The van der Waals surface area contributed by atoms with E-state index in [4.69, 9.17) is 10.1 Å². The first-order chi connectivity index (χ1) is 28.2. The van der Waals surface area contributed by atoms with Crippen LogP contribution in [0.4, 0.5) is 23.1 Å². The number of anilines is 4. The molecule has 4 aliphatic rings. The van der Waals surface area contributed by atoms with Crippen LogP contribution in [0.3, 0.4) is 0 Å². The number of para-hydroxylation sites is 1. The standard InChI is InChI=1S/C45H52N10O3/c1-28-7-4-8-29(2)40(28)49-41-36-24-47-45(50-42(36)52(3)51-41)48-34-14-12-31-18-20-53(26-33(31)23-34)25-30-16-21-54(22-17-30)39(56)15-13-32-9-5-10-35-37(32)27-55(44(35)58)38-11-6-19-46-43(38)57/h4-5,7-10,12,14,23-24,30,38H,6,11,13,15-22,25-27H2,1-3H3,(H,46,57)(H,49,51)(H,47,48,50). The second-order valence-electron chi connectivity index (χ2n) is 16.5. The number of carbonyl (C=O) groups excluding carboxylic acids is 3. The zero-order valence-corrected chi connectivity index (χ0v) is 33.7. The quantitative estimate of drug-likeness (QED) is 0.157. The van der Waals surface area contributed by atoms with Crippen molar-refractivity contribution in [3.05, 3.63) is 99.7 Å². The van der Waals surface area contributed by atoms with E-state index < -0.39 is 6.04 Å². The smallest absolute Gasteiger partial charge is 0.255 e. The molecule has 0 bridgehead atoms. The number of aryl methyl sites for hydroxylation is 4. The summed E-state index contributed by atoms with van der Waals surface area (Å²) >= 11 is 0. The van der Waals surface area contributed by atoms with Gasteiger partial charge in [-0.1, -0.05) is 36.4 Å². The van der Waals surface area contributed by atoms with Crippen LogP contribution in [0.15, 0.2) is 60.8 Å². The number of nitrogens with zero attached hydrogens (tertiary/aromatic N) is 7. The summed E-state index contributed by atoms with van der Waals surface area (Å²) in [4.78, 5) is 55.0. The lowest BCUT2D eigenvalue weighted by Gasteiger charge is -2.36. The molecule has 6 heterocycles. The molecule has 300 valence electrons. The first-order valence-electron chi connectivity index (χ1n) is 20.8. The number of hydrogen-bond acceptors (Lipinski definition) is 9. The van der Waals surface area contributed by atoms with Gasteiger partial charge >= 0.3 is 0 Å². The average molecular weight is 781 g/mol. The van der Waals surface area contributed by atoms with Gasteiger partial charge in [-0.3, -0.25) is 19.3 Å². The van der Waals surface area contributed by atoms with Crippen molar-refractivity contribution in [1.29, 1.82) is 0 Å². The highest BCUT2D eigenvalue weighted by Gasteiger charge is 2.38. The van der Waals surface area contributed by atoms with Crippen LogP contribution in [0.2, 0.25) is 0 Å². The van der Waals surface area contributed by atoms with Gasteiger partial charge < -0.3 is 25.8 Å². The monoisotopic (exact) mass is 780 g/mol. The lowest BCUT2D eigenvalue weighted by Crippen LogP contribution is -2.50. The SMILES string of the molecule is Cc1cccc(C)c1Nc1nn(C)c2nc(Nc3ccc4c(c3)CN(CC3CCN(C(=O)CCc5cccc6c5CN(C5CCCNC5=O)C6=O)CC3)CC4)ncc12. The van der Waals surface area contributed by atoms with Crippen molar-refractivity contribution < 1.29 is 14.4 Å². The van der Waals surface area contributed by atoms with E-state index in [1.165, 1.54) is 11.1 Å². The summed E-state index contributed by atoms with van der Waals surface area (Å²) in [7, 11) is 1.90. The molecule has 2 aromatic heterocycles. The average Bonchev–Trinajstić information content (AvgIpc) is 3.73. The van der Waals surface area contributed by atoms with Crippen molar-refractivity contribution in [2.45, 2.75) is 77.9 Å². The van der Waals surface area contributed by atoms with Crippen molar-refractivity contribution in [3.8, 4) is 0 Å². The Bertz CT molecular complexity index is 2380. The topological polar surface area (TPSA) is 141 Å². The molecule has 1 atom stereocenters. The van der Waals surface area contributed by atoms with Crippen LogP contribution in [0, 0.1) is 19.8 Å². The van der Waals surface area contributed by atoms with Gasteiger partial charge in [-0.15, -0.1) is 0 Å². The molecule has 9 rings (SSSR count). The molecule has 3 amide bonds. The molecule has 5 aromatic rings. The molecule has 13 nitrogen and oxygen atoms in total. The molecule has 0 saturated carbocycles. The van der Waals surface area contributed by atoms with Crippen molar-refractivity contribution >= 4 is 51.9 Å². The van der Waals surface area contributed by atoms with E-state index in [0.29, 0.717) is 49.8 Å². The summed E-state index contributed by atoms with van der Waals surface area (Å²) in [5, 5.41) is 15.4. The first kappa shape index (κ1) is 37.7. The minimum Gasteiger partial charge on any atom is -0.354 e. The Morgan fingerprint density at radius 2 is 1.74 bits per heavy atom. The number of fused-ring (bicyclic) bond motifs is 3. The number of benzene rings is 3. The van der Waals surface area contributed by atoms with Crippen molar-refractivity contribution in [3.63, 3.8) is 0 Å². The number of carbonyl (C=O) groups is 3. The summed E-state index contributed by atoms with van der Waals surface area (Å²) in [5.41, 5.74) is 10.5. The van der Waals surface area contributed by atoms with Crippen LogP contribution in [0.5, 0.6) is 0 Å². The zero-order chi connectivity index (χ0) is 39.9. The zero-order valence-electron chi connectivity index (χ0n) is 33.7. The third-order valence-electron chi connectivity index (χ3n) is 12.7. The van der Waals surface area contributed by atoms with Gasteiger partial charge in [-0.25, -0.2) is 9.67 Å². The summed E-state index contributed by atoms with van der Waals surface area (Å²) in [6.45, 7) is 9.79. The van der Waals surface area contributed by atoms with E-state index in [0.717, 1.165) is 109 Å². The molecular formula is C45H52N10O3. The van der Waals surface area contributed by atoms with Crippen LogP contribution in [0.1, 0.15) is 75.8 Å². The predicted molar refractivity (Wildman–Crippen MR) is 224 cm³/mol. The highest BCUT2D eigenvalue weighted by Crippen LogP contribution is 2.32. The van der Waals surface area contributed by atoms with E-state index in [1.807, 2.05) is 36.3 Å². The normalized spacial score (nSPS) is 18.6. The van der Waals surface area contributed by atoms with Crippen LogP contribution >= 0.6 is 0 Å². The summed E-state index contributed by atoms with van der Waals surface area (Å²) < 4.78 is 1.79. The maximum absolute atomic E-state index is 13.4. The van der Waals surface area contributed by atoms with Gasteiger partial charge in [0.1, 0.15) is 6.04 Å². The molecule has 1 unspecified atom stereocenters. The lowest BCUT2D eigenvalue weighted by atomic mass is 9.93. The fourth-order valence-corrected chi connectivity index (χ4v) is 9.39. The molecular weight excluding hydrogens is 729 g/mol. The number of nitrogens with one attached hydrogen (secondary N) is 3. The number of likely N-dealkylation sites (tertiary alicyclic amines) is 1. The number of hydrogen-bond donors (Lipinski definition) is 3. The Kier molecular flexibility index (Phi) is 10.3.